The molecule has 2 fully saturated rings. The van der Waals surface area contributed by atoms with Gasteiger partial charge in [0.15, 0.2) is 11.5 Å². The number of carbonyl (C=O) groups is 2. The van der Waals surface area contributed by atoms with Gasteiger partial charge in [-0.2, -0.15) is 0 Å². The summed E-state index contributed by atoms with van der Waals surface area (Å²) >= 11 is 0. The first-order valence-corrected chi connectivity index (χ1v) is 11.6. The van der Waals surface area contributed by atoms with E-state index in [2.05, 4.69) is 23.5 Å². The smallest absolute Gasteiger partial charge is 0.246 e. The molecule has 33 heavy (non-hydrogen) atoms. The maximum absolute atomic E-state index is 13.7. The number of nitrogens with one attached hydrogen (secondary N) is 1. The van der Waals surface area contributed by atoms with Crippen molar-refractivity contribution in [2.24, 2.45) is 0 Å². The van der Waals surface area contributed by atoms with E-state index in [1.165, 1.54) is 0 Å². The number of benzene rings is 3. The fourth-order valence-electron chi connectivity index (χ4n) is 5.66. The van der Waals surface area contributed by atoms with E-state index in [1.54, 1.807) is 0 Å². The third-order valence-corrected chi connectivity index (χ3v) is 7.36. The minimum Gasteiger partial charge on any atom is -0.454 e. The van der Waals surface area contributed by atoms with Crippen LogP contribution in [-0.2, 0) is 16.1 Å². The molecule has 3 aromatic rings. The van der Waals surface area contributed by atoms with Gasteiger partial charge < -0.3 is 19.7 Å². The molecule has 1 N–H and O–H groups in total. The van der Waals surface area contributed by atoms with Gasteiger partial charge in [0.25, 0.3) is 0 Å². The number of hydrogen-bond donors (Lipinski definition) is 1. The van der Waals surface area contributed by atoms with E-state index < -0.39 is 5.54 Å². The quantitative estimate of drug-likeness (QED) is 0.592. The van der Waals surface area contributed by atoms with Crippen LogP contribution >= 0.6 is 0 Å². The second-order valence-corrected chi connectivity index (χ2v) is 9.16. The molecule has 1 unspecified atom stereocenters. The van der Waals surface area contributed by atoms with E-state index in [4.69, 9.17) is 9.47 Å². The van der Waals surface area contributed by atoms with Gasteiger partial charge in [-0.25, -0.2) is 0 Å². The highest BCUT2D eigenvalue weighted by Crippen LogP contribution is 2.48. The van der Waals surface area contributed by atoms with Gasteiger partial charge in [0, 0.05) is 6.54 Å². The fourth-order valence-corrected chi connectivity index (χ4v) is 5.66. The zero-order valence-corrected chi connectivity index (χ0v) is 18.4. The lowest BCUT2D eigenvalue weighted by atomic mass is 9.83. The van der Waals surface area contributed by atoms with Crippen molar-refractivity contribution in [3.05, 3.63) is 71.8 Å². The molecule has 1 saturated heterocycles. The van der Waals surface area contributed by atoms with Gasteiger partial charge in [0.2, 0.25) is 18.6 Å². The van der Waals surface area contributed by atoms with E-state index in [0.717, 1.165) is 40.5 Å². The number of hydrogen-bond acceptors (Lipinski definition) is 4. The first-order valence-electron chi connectivity index (χ1n) is 11.6. The Morgan fingerprint density at radius 1 is 1.00 bits per heavy atom. The molecule has 0 aromatic heterocycles. The number of amides is 2. The van der Waals surface area contributed by atoms with Gasteiger partial charge in [-0.3, -0.25) is 9.59 Å². The molecule has 1 saturated carbocycles. The molecule has 0 bridgehead atoms. The van der Waals surface area contributed by atoms with Crippen molar-refractivity contribution in [1.82, 2.24) is 10.2 Å². The maximum Gasteiger partial charge on any atom is 0.246 e. The highest BCUT2D eigenvalue weighted by Gasteiger charge is 2.55. The van der Waals surface area contributed by atoms with Crippen LogP contribution in [0.3, 0.4) is 0 Å². The van der Waals surface area contributed by atoms with Gasteiger partial charge in [0.1, 0.15) is 5.54 Å². The number of rotatable bonds is 5. The van der Waals surface area contributed by atoms with E-state index in [-0.39, 0.29) is 24.6 Å². The van der Waals surface area contributed by atoms with Crippen LogP contribution in [0.15, 0.2) is 60.7 Å². The predicted octanol–water partition coefficient (Wildman–Crippen LogP) is 4.47. The topological polar surface area (TPSA) is 67.9 Å². The molecule has 6 nitrogen and oxygen atoms in total. The van der Waals surface area contributed by atoms with Gasteiger partial charge in [-0.15, -0.1) is 0 Å². The summed E-state index contributed by atoms with van der Waals surface area (Å²) in [5.41, 5.74) is 1.28. The Labute approximate surface area is 192 Å². The number of likely N-dealkylation sites (tertiary alicyclic amines) is 1. The van der Waals surface area contributed by atoms with Crippen LogP contribution in [0.1, 0.15) is 49.3 Å². The number of fused-ring (bicyclic) bond motifs is 2. The van der Waals surface area contributed by atoms with Crippen LogP contribution < -0.4 is 14.8 Å². The van der Waals surface area contributed by atoms with Crippen molar-refractivity contribution in [2.75, 3.05) is 6.79 Å². The summed E-state index contributed by atoms with van der Waals surface area (Å²) in [4.78, 5) is 28.4. The van der Waals surface area contributed by atoms with Crippen molar-refractivity contribution in [1.29, 1.82) is 0 Å². The van der Waals surface area contributed by atoms with Crippen LogP contribution in [-0.4, -0.2) is 29.0 Å². The lowest BCUT2D eigenvalue weighted by Gasteiger charge is -2.51. The van der Waals surface area contributed by atoms with Crippen molar-refractivity contribution in [2.45, 2.75) is 50.2 Å². The zero-order valence-electron chi connectivity index (χ0n) is 18.4. The summed E-state index contributed by atoms with van der Waals surface area (Å²) < 4.78 is 11.0. The maximum atomic E-state index is 13.7. The molecule has 1 atom stereocenters. The van der Waals surface area contributed by atoms with Gasteiger partial charge in [0.05, 0.1) is 12.5 Å². The summed E-state index contributed by atoms with van der Waals surface area (Å²) in [6.07, 6.45) is 3.69. The predicted molar refractivity (Wildman–Crippen MR) is 124 cm³/mol. The highest BCUT2D eigenvalue weighted by atomic mass is 16.7. The monoisotopic (exact) mass is 442 g/mol. The summed E-state index contributed by atoms with van der Waals surface area (Å²) in [5, 5.41) is 5.47. The average Bonchev–Trinajstić information content (AvgIpc) is 3.50. The lowest BCUT2D eigenvalue weighted by Crippen LogP contribution is -2.65. The van der Waals surface area contributed by atoms with Crippen LogP contribution in [0.4, 0.5) is 0 Å². The number of carbonyl (C=O) groups excluding carboxylic acids is 2. The third kappa shape index (κ3) is 3.24. The van der Waals surface area contributed by atoms with Crippen LogP contribution in [0.5, 0.6) is 11.5 Å². The van der Waals surface area contributed by atoms with E-state index in [1.807, 2.05) is 47.4 Å². The van der Waals surface area contributed by atoms with E-state index >= 15 is 0 Å². The van der Waals surface area contributed by atoms with Crippen molar-refractivity contribution >= 4 is 22.6 Å². The Balaban J connectivity index is 1.26. The SMILES string of the molecule is O=C1CC(c2ccc3c(c2)OCO3)N1C1(C(=O)NCc2cccc3ccccc23)CCCC1. The van der Waals surface area contributed by atoms with Gasteiger partial charge in [-0.1, -0.05) is 61.4 Å². The van der Waals surface area contributed by atoms with Crippen molar-refractivity contribution < 1.29 is 19.1 Å². The Bertz CT molecular complexity index is 1240. The molecule has 2 amide bonds. The van der Waals surface area contributed by atoms with Crippen molar-refractivity contribution in [3.63, 3.8) is 0 Å². The highest BCUT2D eigenvalue weighted by molar-refractivity contribution is 5.95. The molecule has 168 valence electrons. The Hall–Kier alpha value is -3.54. The third-order valence-electron chi connectivity index (χ3n) is 7.36. The van der Waals surface area contributed by atoms with E-state index in [0.29, 0.717) is 31.6 Å². The first kappa shape index (κ1) is 20.1. The molecule has 6 heteroatoms. The van der Waals surface area contributed by atoms with Crippen LogP contribution in [0.2, 0.25) is 0 Å². The molecule has 6 rings (SSSR count). The number of nitrogens with zero attached hydrogens (tertiary/aromatic N) is 1. The molecule has 3 aromatic carbocycles. The standard InChI is InChI=1S/C27H26N2O4/c30-25-15-22(19-10-11-23-24(14-19)33-17-32-23)29(25)27(12-3-4-13-27)26(31)28-16-20-8-5-7-18-6-1-2-9-21(18)20/h1-2,5-11,14,22H,3-4,12-13,15-17H2,(H,28,31). The van der Waals surface area contributed by atoms with Crippen LogP contribution in [0, 0.1) is 0 Å². The average molecular weight is 443 g/mol. The molecule has 3 aliphatic rings. The summed E-state index contributed by atoms with van der Waals surface area (Å²) in [5.74, 6) is 1.42. The molecule has 2 aliphatic heterocycles. The largest absolute Gasteiger partial charge is 0.454 e. The van der Waals surface area contributed by atoms with Crippen molar-refractivity contribution in [3.8, 4) is 11.5 Å². The molecule has 2 heterocycles. The Morgan fingerprint density at radius 2 is 1.79 bits per heavy atom. The molecular formula is C27H26N2O4. The minimum absolute atomic E-state index is 0.0416. The normalized spacial score (nSPS) is 20.7. The lowest BCUT2D eigenvalue weighted by molar-refractivity contribution is -0.165. The first-order chi connectivity index (χ1) is 16.2. The minimum atomic E-state index is -0.791. The summed E-state index contributed by atoms with van der Waals surface area (Å²) in [6, 6.07) is 20.0. The van der Waals surface area contributed by atoms with Gasteiger partial charge >= 0.3 is 0 Å². The van der Waals surface area contributed by atoms with E-state index in [9.17, 15) is 9.59 Å². The van der Waals surface area contributed by atoms with Gasteiger partial charge in [-0.05, 0) is 46.9 Å². The van der Waals surface area contributed by atoms with Crippen LogP contribution in [0.25, 0.3) is 10.8 Å². The Kier molecular flexibility index (Phi) is 4.75. The zero-order chi connectivity index (χ0) is 22.4. The second-order valence-electron chi connectivity index (χ2n) is 9.16. The second kappa shape index (κ2) is 7.80. The summed E-state index contributed by atoms with van der Waals surface area (Å²) in [7, 11) is 0. The molecular weight excluding hydrogens is 416 g/mol. The fraction of sp³-hybridized carbons (Fsp3) is 0.333. The summed E-state index contributed by atoms with van der Waals surface area (Å²) in [6.45, 7) is 0.658. The molecule has 1 aliphatic carbocycles. The number of ether oxygens (including phenoxy) is 2. The molecule has 0 spiro atoms. The Morgan fingerprint density at radius 3 is 2.64 bits per heavy atom. The number of β-lactam (4-membered cyclic amide) rings is 1. The molecule has 0 radical (unpaired) electrons.